The lowest BCUT2D eigenvalue weighted by atomic mass is 9.76. The average molecular weight is 362 g/mol. The summed E-state index contributed by atoms with van der Waals surface area (Å²) >= 11 is 0. The molecular formula is C23H16F2O2. The van der Waals surface area contributed by atoms with Gasteiger partial charge in [0.15, 0.2) is 17.1 Å². The summed E-state index contributed by atoms with van der Waals surface area (Å²) in [6, 6.07) is 21.8. The Kier molecular flexibility index (Phi) is 4.11. The number of benzene rings is 3. The first-order chi connectivity index (χ1) is 13.1. The van der Waals surface area contributed by atoms with Gasteiger partial charge >= 0.3 is 5.97 Å². The van der Waals surface area contributed by atoms with Crippen LogP contribution in [0.15, 0.2) is 84.7 Å². The van der Waals surface area contributed by atoms with Crippen LogP contribution in [0.25, 0.3) is 17.0 Å². The van der Waals surface area contributed by atoms with E-state index in [0.29, 0.717) is 22.3 Å². The predicted octanol–water partition coefficient (Wildman–Crippen LogP) is 5.43. The summed E-state index contributed by atoms with van der Waals surface area (Å²) in [5.74, 6) is -3.10. The van der Waals surface area contributed by atoms with Gasteiger partial charge in [0.05, 0.1) is 7.11 Å². The first-order valence-electron chi connectivity index (χ1n) is 8.51. The Labute approximate surface area is 155 Å². The zero-order valence-corrected chi connectivity index (χ0v) is 14.6. The quantitative estimate of drug-likeness (QED) is 0.581. The van der Waals surface area contributed by atoms with Crippen molar-refractivity contribution in [2.75, 3.05) is 7.11 Å². The minimum Gasteiger partial charge on any atom is -0.468 e. The van der Waals surface area contributed by atoms with E-state index in [1.165, 1.54) is 19.2 Å². The maximum atomic E-state index is 15.8. The molecule has 4 heteroatoms. The zero-order chi connectivity index (χ0) is 19.0. The van der Waals surface area contributed by atoms with Gasteiger partial charge in [0.1, 0.15) is 0 Å². The number of ether oxygens (including phenoxy) is 1. The molecule has 1 aliphatic carbocycles. The maximum absolute atomic E-state index is 15.8. The van der Waals surface area contributed by atoms with Gasteiger partial charge in [-0.05, 0) is 22.3 Å². The molecule has 4 rings (SSSR count). The Morgan fingerprint density at radius 3 is 1.78 bits per heavy atom. The van der Waals surface area contributed by atoms with Gasteiger partial charge in [-0.2, -0.15) is 0 Å². The molecular weight excluding hydrogens is 346 g/mol. The van der Waals surface area contributed by atoms with Crippen molar-refractivity contribution in [1.29, 1.82) is 0 Å². The number of halogens is 2. The molecule has 0 N–H and O–H groups in total. The third-order valence-electron chi connectivity index (χ3n) is 4.99. The Hall–Kier alpha value is -3.27. The lowest BCUT2D eigenvalue weighted by molar-refractivity contribution is -0.144. The second kappa shape index (κ2) is 6.47. The van der Waals surface area contributed by atoms with E-state index >= 15 is 8.78 Å². The molecule has 2 nitrogen and oxygen atoms in total. The minimum atomic E-state index is -1.97. The molecule has 0 atom stereocenters. The molecule has 0 amide bonds. The molecule has 0 bridgehead atoms. The van der Waals surface area contributed by atoms with Crippen LogP contribution in [-0.2, 0) is 14.9 Å². The molecule has 0 unspecified atom stereocenters. The van der Waals surface area contributed by atoms with Gasteiger partial charge in [0.25, 0.3) is 0 Å². The summed E-state index contributed by atoms with van der Waals surface area (Å²) in [6.07, 6.45) is 0. The van der Waals surface area contributed by atoms with Gasteiger partial charge in [-0.25, -0.2) is 8.78 Å². The van der Waals surface area contributed by atoms with Gasteiger partial charge < -0.3 is 4.74 Å². The molecule has 0 spiro atoms. The van der Waals surface area contributed by atoms with Crippen molar-refractivity contribution in [3.05, 3.63) is 101 Å². The number of carbonyl (C=O) groups excluding carboxylic acids is 1. The van der Waals surface area contributed by atoms with Crippen LogP contribution in [0.3, 0.4) is 0 Å². The predicted molar refractivity (Wildman–Crippen MR) is 100 cm³/mol. The average Bonchev–Trinajstić information content (AvgIpc) is 3.04. The summed E-state index contributed by atoms with van der Waals surface area (Å²) < 4.78 is 36.0. The van der Waals surface area contributed by atoms with Gasteiger partial charge in [-0.3, -0.25) is 4.79 Å². The second-order valence-electron chi connectivity index (χ2n) is 6.33. The number of fused-ring (bicyclic) bond motifs is 3. The van der Waals surface area contributed by atoms with E-state index in [9.17, 15) is 4.79 Å². The molecule has 0 saturated heterocycles. The second-order valence-corrected chi connectivity index (χ2v) is 6.33. The first-order valence-corrected chi connectivity index (χ1v) is 8.51. The normalized spacial score (nSPS) is 14.8. The van der Waals surface area contributed by atoms with E-state index in [1.54, 1.807) is 66.7 Å². The zero-order valence-electron chi connectivity index (χ0n) is 14.6. The van der Waals surface area contributed by atoms with Crippen LogP contribution < -0.4 is 0 Å². The highest BCUT2D eigenvalue weighted by atomic mass is 19.2. The molecule has 27 heavy (non-hydrogen) atoms. The summed E-state index contributed by atoms with van der Waals surface area (Å²) in [5, 5.41) is 0. The van der Waals surface area contributed by atoms with Crippen LogP contribution in [0, 0.1) is 0 Å². The van der Waals surface area contributed by atoms with Crippen LogP contribution in [0.5, 0.6) is 0 Å². The molecule has 0 aromatic heterocycles. The van der Waals surface area contributed by atoms with E-state index in [0.717, 1.165) is 0 Å². The third-order valence-corrected chi connectivity index (χ3v) is 4.99. The lowest BCUT2D eigenvalue weighted by Gasteiger charge is -2.27. The van der Waals surface area contributed by atoms with Gasteiger partial charge in [0.2, 0.25) is 0 Å². The number of hydrogen-bond acceptors (Lipinski definition) is 2. The molecule has 3 aromatic carbocycles. The van der Waals surface area contributed by atoms with Crippen molar-refractivity contribution in [3.8, 4) is 11.1 Å². The summed E-state index contributed by atoms with van der Waals surface area (Å²) in [6.45, 7) is 0. The maximum Gasteiger partial charge on any atom is 0.327 e. The summed E-state index contributed by atoms with van der Waals surface area (Å²) in [5.41, 5.74) is 0.231. The number of methoxy groups -OCH3 is 1. The number of hydrogen-bond donors (Lipinski definition) is 0. The van der Waals surface area contributed by atoms with Gasteiger partial charge in [-0.1, -0.05) is 78.9 Å². The van der Waals surface area contributed by atoms with Crippen LogP contribution in [-0.4, -0.2) is 13.1 Å². The lowest BCUT2D eigenvalue weighted by Crippen LogP contribution is -2.37. The molecule has 0 radical (unpaired) electrons. The Morgan fingerprint density at radius 1 is 0.778 bits per heavy atom. The number of rotatable bonds is 3. The molecule has 0 heterocycles. The van der Waals surface area contributed by atoms with E-state index in [1.807, 2.05) is 0 Å². The molecule has 134 valence electrons. The first kappa shape index (κ1) is 17.2. The highest BCUT2D eigenvalue weighted by Gasteiger charge is 2.55. The molecule has 0 fully saturated rings. The standard InChI is InChI=1S/C23H16F2O2/c1-27-22(26)23(21(25)20(24)15-9-3-2-4-10-15)18-13-7-5-11-16(18)17-12-6-8-14-19(17)23/h2-14H,1H3. The van der Waals surface area contributed by atoms with Crippen LogP contribution in [0.4, 0.5) is 8.78 Å². The third kappa shape index (κ3) is 2.33. The van der Waals surface area contributed by atoms with Crippen LogP contribution in [0.1, 0.15) is 16.7 Å². The van der Waals surface area contributed by atoms with Crippen molar-refractivity contribution in [1.82, 2.24) is 0 Å². The SMILES string of the molecule is COC(=O)C1(C(F)=C(F)c2ccccc2)c2ccccc2-c2ccccc21. The van der Waals surface area contributed by atoms with Gasteiger partial charge in [-0.15, -0.1) is 0 Å². The van der Waals surface area contributed by atoms with E-state index in [2.05, 4.69) is 0 Å². The van der Waals surface area contributed by atoms with Crippen molar-refractivity contribution in [2.24, 2.45) is 0 Å². The molecule has 0 saturated carbocycles. The highest BCUT2D eigenvalue weighted by Crippen LogP contribution is 2.55. The number of carbonyl (C=O) groups is 1. The summed E-state index contributed by atoms with van der Waals surface area (Å²) in [4.78, 5) is 13.0. The fourth-order valence-corrected chi connectivity index (χ4v) is 3.81. The monoisotopic (exact) mass is 362 g/mol. The molecule has 0 aliphatic heterocycles. The molecule has 3 aromatic rings. The van der Waals surface area contributed by atoms with Crippen LogP contribution in [0.2, 0.25) is 0 Å². The van der Waals surface area contributed by atoms with E-state index in [-0.39, 0.29) is 5.56 Å². The highest BCUT2D eigenvalue weighted by molar-refractivity contribution is 6.02. The topological polar surface area (TPSA) is 26.3 Å². The fourth-order valence-electron chi connectivity index (χ4n) is 3.81. The Balaban J connectivity index is 2.11. The van der Waals surface area contributed by atoms with Crippen molar-refractivity contribution >= 4 is 11.8 Å². The summed E-state index contributed by atoms with van der Waals surface area (Å²) in [7, 11) is 1.18. The largest absolute Gasteiger partial charge is 0.468 e. The smallest absolute Gasteiger partial charge is 0.327 e. The molecule has 1 aliphatic rings. The van der Waals surface area contributed by atoms with Crippen molar-refractivity contribution in [3.63, 3.8) is 0 Å². The van der Waals surface area contributed by atoms with E-state index in [4.69, 9.17) is 4.74 Å². The minimum absolute atomic E-state index is 0.0696. The Bertz CT molecular complexity index is 1010. The number of esters is 1. The van der Waals surface area contributed by atoms with Crippen molar-refractivity contribution in [2.45, 2.75) is 5.41 Å². The van der Waals surface area contributed by atoms with Crippen molar-refractivity contribution < 1.29 is 18.3 Å². The van der Waals surface area contributed by atoms with Crippen LogP contribution >= 0.6 is 0 Å². The fraction of sp³-hybridized carbons (Fsp3) is 0.0870. The Morgan fingerprint density at radius 2 is 1.26 bits per heavy atom. The van der Waals surface area contributed by atoms with E-state index < -0.39 is 23.0 Å². The van der Waals surface area contributed by atoms with Gasteiger partial charge in [0, 0.05) is 5.56 Å².